The number of amides is 2. The van der Waals surface area contributed by atoms with Gasteiger partial charge in [0.1, 0.15) is 5.82 Å². The summed E-state index contributed by atoms with van der Waals surface area (Å²) >= 11 is 0. The molecule has 1 N–H and O–H groups in total. The minimum Gasteiger partial charge on any atom is -0.381 e. The van der Waals surface area contributed by atoms with Crippen molar-refractivity contribution in [2.24, 2.45) is 0 Å². The van der Waals surface area contributed by atoms with Crippen LogP contribution >= 0.6 is 0 Å². The second kappa shape index (κ2) is 8.57. The van der Waals surface area contributed by atoms with Gasteiger partial charge in [0.2, 0.25) is 0 Å². The molecule has 1 aromatic heterocycles. The molecule has 0 bridgehead atoms. The van der Waals surface area contributed by atoms with Gasteiger partial charge in [-0.1, -0.05) is 6.07 Å². The van der Waals surface area contributed by atoms with Crippen LogP contribution in [0.15, 0.2) is 24.4 Å². The molecule has 6 heteroatoms. The largest absolute Gasteiger partial charge is 0.381 e. The maximum atomic E-state index is 12.9. The van der Waals surface area contributed by atoms with Crippen molar-refractivity contribution in [1.29, 1.82) is 0 Å². The van der Waals surface area contributed by atoms with E-state index >= 15 is 0 Å². The summed E-state index contributed by atoms with van der Waals surface area (Å²) in [5.41, 5.74) is 4.47. The predicted molar refractivity (Wildman–Crippen MR) is 115 cm³/mol. The molecule has 1 unspecified atom stereocenters. The van der Waals surface area contributed by atoms with Gasteiger partial charge in [0, 0.05) is 49.8 Å². The van der Waals surface area contributed by atoms with Crippen LogP contribution < -0.4 is 5.32 Å². The summed E-state index contributed by atoms with van der Waals surface area (Å²) in [5.74, 6) is 1.63. The number of benzene rings is 1. The van der Waals surface area contributed by atoms with Crippen molar-refractivity contribution in [3.8, 4) is 0 Å². The van der Waals surface area contributed by atoms with Crippen LogP contribution in [0, 0.1) is 20.8 Å². The monoisotopic (exact) mass is 396 g/mol. The summed E-state index contributed by atoms with van der Waals surface area (Å²) in [4.78, 5) is 19.6. The Morgan fingerprint density at radius 2 is 1.93 bits per heavy atom. The second-order valence-electron chi connectivity index (χ2n) is 8.49. The number of nitrogens with one attached hydrogen (secondary N) is 1. The molecule has 2 amide bonds. The van der Waals surface area contributed by atoms with Crippen molar-refractivity contribution >= 4 is 11.7 Å². The maximum absolute atomic E-state index is 12.9. The van der Waals surface area contributed by atoms with Gasteiger partial charge >= 0.3 is 6.03 Å². The zero-order chi connectivity index (χ0) is 20.4. The van der Waals surface area contributed by atoms with Gasteiger partial charge in [-0.15, -0.1) is 0 Å². The quantitative estimate of drug-likeness (QED) is 0.827. The molecule has 0 radical (unpaired) electrons. The lowest BCUT2D eigenvalue weighted by atomic mass is 9.98. The lowest BCUT2D eigenvalue weighted by Crippen LogP contribution is -2.43. The van der Waals surface area contributed by atoms with Gasteiger partial charge < -0.3 is 19.5 Å². The highest BCUT2D eigenvalue weighted by Gasteiger charge is 2.30. The van der Waals surface area contributed by atoms with Crippen LogP contribution in [-0.2, 0) is 4.74 Å². The van der Waals surface area contributed by atoms with Crippen molar-refractivity contribution in [1.82, 2.24) is 14.5 Å². The van der Waals surface area contributed by atoms with Crippen molar-refractivity contribution in [2.45, 2.75) is 58.4 Å². The normalized spacial score (nSPS) is 20.7. The number of likely N-dealkylation sites (tertiary alicyclic amines) is 1. The van der Waals surface area contributed by atoms with E-state index in [4.69, 9.17) is 9.72 Å². The highest BCUT2D eigenvalue weighted by atomic mass is 16.5. The molecule has 3 heterocycles. The molecule has 0 saturated carbocycles. The van der Waals surface area contributed by atoms with Gasteiger partial charge in [0.15, 0.2) is 0 Å². The van der Waals surface area contributed by atoms with Crippen LogP contribution in [0.25, 0.3) is 0 Å². The molecule has 2 saturated heterocycles. The number of piperidine rings is 1. The zero-order valence-corrected chi connectivity index (χ0v) is 17.8. The number of carbonyl (C=O) groups excluding carboxylic acids is 1. The predicted octanol–water partition coefficient (Wildman–Crippen LogP) is 4.57. The number of aromatic nitrogens is 2. The van der Waals surface area contributed by atoms with E-state index in [1.54, 1.807) is 0 Å². The highest BCUT2D eigenvalue weighted by Crippen LogP contribution is 2.32. The third-order valence-corrected chi connectivity index (χ3v) is 6.40. The van der Waals surface area contributed by atoms with Gasteiger partial charge in [-0.05, 0) is 69.7 Å². The van der Waals surface area contributed by atoms with E-state index in [9.17, 15) is 4.79 Å². The molecule has 6 nitrogen and oxygen atoms in total. The first-order valence-electron chi connectivity index (χ1n) is 10.8. The first-order valence-corrected chi connectivity index (χ1v) is 10.8. The van der Waals surface area contributed by atoms with Crippen LogP contribution in [0.1, 0.15) is 60.3 Å². The number of urea groups is 1. The Morgan fingerprint density at radius 1 is 1.14 bits per heavy atom. The molecular weight excluding hydrogens is 364 g/mol. The Bertz CT molecular complexity index is 870. The summed E-state index contributed by atoms with van der Waals surface area (Å²) < 4.78 is 7.93. The summed E-state index contributed by atoms with van der Waals surface area (Å²) in [7, 11) is 0. The molecule has 2 fully saturated rings. The Morgan fingerprint density at radius 3 is 2.69 bits per heavy atom. The minimum atomic E-state index is -0.0108. The molecule has 2 aliphatic rings. The summed E-state index contributed by atoms with van der Waals surface area (Å²) in [6.07, 6.45) is 6.13. The number of ether oxygens (including phenoxy) is 1. The van der Waals surface area contributed by atoms with E-state index in [0.717, 1.165) is 57.7 Å². The number of aryl methyl sites for hydroxylation is 3. The van der Waals surface area contributed by atoms with Crippen molar-refractivity contribution in [2.75, 3.05) is 31.6 Å². The maximum Gasteiger partial charge on any atom is 0.321 e. The minimum absolute atomic E-state index is 0.0108. The van der Waals surface area contributed by atoms with Crippen molar-refractivity contribution in [3.63, 3.8) is 0 Å². The molecule has 2 aliphatic heterocycles. The highest BCUT2D eigenvalue weighted by molar-refractivity contribution is 5.89. The van der Waals surface area contributed by atoms with Gasteiger partial charge in [-0.25, -0.2) is 9.78 Å². The number of carbonyl (C=O) groups is 1. The van der Waals surface area contributed by atoms with Crippen molar-refractivity contribution in [3.05, 3.63) is 47.0 Å². The van der Waals surface area contributed by atoms with Gasteiger partial charge in [0.25, 0.3) is 0 Å². The number of anilines is 1. The fourth-order valence-corrected chi connectivity index (χ4v) is 4.57. The Kier molecular flexibility index (Phi) is 5.90. The lowest BCUT2D eigenvalue weighted by molar-refractivity contribution is 0.0817. The third kappa shape index (κ3) is 4.32. The molecule has 0 aliphatic carbocycles. The molecule has 0 spiro atoms. The second-order valence-corrected chi connectivity index (χ2v) is 8.49. The van der Waals surface area contributed by atoms with E-state index in [1.165, 1.54) is 22.6 Å². The molecule has 1 aromatic carbocycles. The smallest absolute Gasteiger partial charge is 0.321 e. The fraction of sp³-hybridized carbons (Fsp3) is 0.565. The molecule has 1 atom stereocenters. The standard InChI is InChI=1S/C23H32N4O2/c1-16-6-7-20(13-17(16)2)25-23(28)26-10-4-5-21(15-26)27-18(3)14-24-22(27)19-8-11-29-12-9-19/h6-7,13-14,19,21H,4-5,8-12,15H2,1-3H3,(H,25,28). The van der Waals surface area contributed by atoms with E-state index in [1.807, 2.05) is 23.2 Å². The number of hydrogen-bond donors (Lipinski definition) is 1. The van der Waals surface area contributed by atoms with E-state index in [-0.39, 0.29) is 12.1 Å². The average Bonchev–Trinajstić information content (AvgIpc) is 3.13. The summed E-state index contributed by atoms with van der Waals surface area (Å²) in [6, 6.07) is 6.35. The number of imidazole rings is 1. The number of nitrogens with zero attached hydrogens (tertiary/aromatic N) is 3. The Labute approximate surface area is 173 Å². The van der Waals surface area contributed by atoms with Crippen LogP contribution in [0.5, 0.6) is 0 Å². The van der Waals surface area contributed by atoms with Gasteiger partial charge in [0.05, 0.1) is 6.04 Å². The lowest BCUT2D eigenvalue weighted by Gasteiger charge is -2.36. The van der Waals surface area contributed by atoms with Crippen LogP contribution in [-0.4, -0.2) is 46.8 Å². The fourth-order valence-electron chi connectivity index (χ4n) is 4.57. The van der Waals surface area contributed by atoms with Gasteiger partial charge in [-0.3, -0.25) is 0 Å². The first kappa shape index (κ1) is 20.0. The van der Waals surface area contributed by atoms with Crippen LogP contribution in [0.4, 0.5) is 10.5 Å². The first-order chi connectivity index (χ1) is 14.0. The topological polar surface area (TPSA) is 59.4 Å². The molecule has 4 rings (SSSR count). The summed E-state index contributed by atoms with van der Waals surface area (Å²) in [6.45, 7) is 9.43. The molecular formula is C23H32N4O2. The zero-order valence-electron chi connectivity index (χ0n) is 17.8. The Hall–Kier alpha value is -2.34. The third-order valence-electron chi connectivity index (χ3n) is 6.40. The van der Waals surface area contributed by atoms with Crippen molar-refractivity contribution < 1.29 is 9.53 Å². The summed E-state index contributed by atoms with van der Waals surface area (Å²) in [5, 5.41) is 3.08. The molecule has 156 valence electrons. The average molecular weight is 397 g/mol. The number of rotatable bonds is 3. The molecule has 29 heavy (non-hydrogen) atoms. The van der Waals surface area contributed by atoms with Gasteiger partial charge in [-0.2, -0.15) is 0 Å². The Balaban J connectivity index is 1.47. The van der Waals surface area contributed by atoms with Crippen LogP contribution in [0.2, 0.25) is 0 Å². The SMILES string of the molecule is Cc1ccc(NC(=O)N2CCCC(n3c(C)cnc3C3CCOCC3)C2)cc1C. The molecule has 2 aromatic rings. The van der Waals surface area contributed by atoms with Crippen LogP contribution in [0.3, 0.4) is 0 Å². The number of hydrogen-bond acceptors (Lipinski definition) is 3. The van der Waals surface area contributed by atoms with E-state index < -0.39 is 0 Å². The van der Waals surface area contributed by atoms with E-state index in [0.29, 0.717) is 5.92 Å². The van der Waals surface area contributed by atoms with E-state index in [2.05, 4.69) is 36.7 Å².